The summed E-state index contributed by atoms with van der Waals surface area (Å²) in [7, 11) is 0. The monoisotopic (exact) mass is 198 g/mol. The molecule has 0 aliphatic rings. The topological polar surface area (TPSA) is 38.9 Å². The van der Waals surface area contributed by atoms with Crippen LogP contribution in [0.15, 0.2) is 42.6 Å². The molecule has 0 aliphatic heterocycles. The summed E-state index contributed by atoms with van der Waals surface area (Å²) in [4.78, 5) is 4.37. The molecular formula is C13H14N2. The number of benzene rings is 1. The number of hydrogen-bond acceptors (Lipinski definition) is 2. The van der Waals surface area contributed by atoms with Gasteiger partial charge in [0.1, 0.15) is 0 Å². The van der Waals surface area contributed by atoms with Crippen LogP contribution in [0.5, 0.6) is 0 Å². The first-order chi connectivity index (χ1) is 7.29. The predicted molar refractivity (Wildman–Crippen MR) is 62.3 cm³/mol. The summed E-state index contributed by atoms with van der Waals surface area (Å²) < 4.78 is 0. The van der Waals surface area contributed by atoms with Gasteiger partial charge in [0.05, 0.1) is 5.69 Å². The highest BCUT2D eigenvalue weighted by Crippen LogP contribution is 2.17. The lowest BCUT2D eigenvalue weighted by molar-refractivity contribution is 1.07. The van der Waals surface area contributed by atoms with Gasteiger partial charge < -0.3 is 5.73 Å². The molecule has 0 saturated carbocycles. The molecule has 0 amide bonds. The fourth-order valence-corrected chi connectivity index (χ4v) is 1.45. The molecule has 0 bridgehead atoms. The average Bonchev–Trinajstić information content (AvgIpc) is 2.30. The summed E-state index contributed by atoms with van der Waals surface area (Å²) in [5, 5.41) is 0. The third kappa shape index (κ3) is 2.22. The first kappa shape index (κ1) is 9.87. The molecule has 2 nitrogen and oxygen atoms in total. The van der Waals surface area contributed by atoms with E-state index in [0.29, 0.717) is 6.54 Å². The number of aromatic nitrogens is 1. The van der Waals surface area contributed by atoms with E-state index >= 15 is 0 Å². The Hall–Kier alpha value is -1.67. The molecule has 1 heterocycles. The van der Waals surface area contributed by atoms with Crippen LogP contribution < -0.4 is 5.73 Å². The maximum atomic E-state index is 5.54. The Morgan fingerprint density at radius 2 is 1.80 bits per heavy atom. The van der Waals surface area contributed by atoms with E-state index in [1.54, 1.807) is 0 Å². The molecule has 2 aromatic rings. The Morgan fingerprint density at radius 1 is 1.07 bits per heavy atom. The second-order valence-corrected chi connectivity index (χ2v) is 3.62. The van der Waals surface area contributed by atoms with Crippen LogP contribution in [0, 0.1) is 6.92 Å². The van der Waals surface area contributed by atoms with Gasteiger partial charge in [0, 0.05) is 18.3 Å². The van der Waals surface area contributed by atoms with E-state index < -0.39 is 0 Å². The molecule has 0 atom stereocenters. The van der Waals surface area contributed by atoms with Crippen LogP contribution in [-0.4, -0.2) is 4.98 Å². The van der Waals surface area contributed by atoms with E-state index in [1.807, 2.05) is 31.3 Å². The largest absolute Gasteiger partial charge is 0.326 e. The van der Waals surface area contributed by atoms with Gasteiger partial charge in [0.25, 0.3) is 0 Å². The highest BCUT2D eigenvalue weighted by atomic mass is 14.7. The number of nitrogens with two attached hydrogens (primary N) is 1. The number of hydrogen-bond donors (Lipinski definition) is 1. The van der Waals surface area contributed by atoms with Crippen molar-refractivity contribution in [3.8, 4) is 11.3 Å². The molecule has 0 saturated heterocycles. The fraction of sp³-hybridized carbons (Fsp3) is 0.154. The maximum Gasteiger partial charge on any atom is 0.0702 e. The third-order valence-corrected chi connectivity index (χ3v) is 2.40. The fourth-order valence-electron chi connectivity index (χ4n) is 1.45. The maximum absolute atomic E-state index is 5.54. The van der Waals surface area contributed by atoms with Crippen LogP contribution in [0.3, 0.4) is 0 Å². The third-order valence-electron chi connectivity index (χ3n) is 2.40. The van der Waals surface area contributed by atoms with Crippen LogP contribution in [0.1, 0.15) is 11.1 Å². The molecule has 0 fully saturated rings. The highest BCUT2D eigenvalue weighted by molar-refractivity contribution is 5.59. The molecule has 76 valence electrons. The Bertz CT molecular complexity index is 429. The summed E-state index contributed by atoms with van der Waals surface area (Å²) in [5.41, 5.74) is 10.0. The van der Waals surface area contributed by atoms with E-state index in [9.17, 15) is 0 Å². The molecule has 2 N–H and O–H groups in total. The van der Waals surface area contributed by atoms with Gasteiger partial charge in [0.2, 0.25) is 0 Å². The molecule has 15 heavy (non-hydrogen) atoms. The van der Waals surface area contributed by atoms with Gasteiger partial charge in [-0.25, -0.2) is 0 Å². The molecule has 0 radical (unpaired) electrons. The average molecular weight is 198 g/mol. The van der Waals surface area contributed by atoms with Crippen molar-refractivity contribution < 1.29 is 0 Å². The van der Waals surface area contributed by atoms with Crippen molar-refractivity contribution in [1.82, 2.24) is 4.98 Å². The minimum atomic E-state index is 0.585. The van der Waals surface area contributed by atoms with Crippen molar-refractivity contribution in [2.45, 2.75) is 13.5 Å². The second-order valence-electron chi connectivity index (χ2n) is 3.62. The van der Waals surface area contributed by atoms with Gasteiger partial charge in [-0.15, -0.1) is 0 Å². The predicted octanol–water partition coefficient (Wildman–Crippen LogP) is 2.52. The van der Waals surface area contributed by atoms with Gasteiger partial charge in [-0.3, -0.25) is 4.98 Å². The van der Waals surface area contributed by atoms with E-state index in [2.05, 4.69) is 23.2 Å². The second kappa shape index (κ2) is 4.24. The summed E-state index contributed by atoms with van der Waals surface area (Å²) in [6, 6.07) is 12.3. The molecule has 0 unspecified atom stereocenters. The summed E-state index contributed by atoms with van der Waals surface area (Å²) in [6.45, 7) is 2.62. The highest BCUT2D eigenvalue weighted by Gasteiger charge is 1.98. The van der Waals surface area contributed by atoms with Gasteiger partial charge >= 0.3 is 0 Å². The van der Waals surface area contributed by atoms with Crippen LogP contribution in [0.4, 0.5) is 0 Å². The first-order valence-corrected chi connectivity index (χ1v) is 5.01. The van der Waals surface area contributed by atoms with Gasteiger partial charge in [0.15, 0.2) is 0 Å². The summed E-state index contributed by atoms with van der Waals surface area (Å²) >= 11 is 0. The quantitative estimate of drug-likeness (QED) is 0.805. The van der Waals surface area contributed by atoms with E-state index in [-0.39, 0.29) is 0 Å². The first-order valence-electron chi connectivity index (χ1n) is 5.01. The molecule has 0 spiro atoms. The van der Waals surface area contributed by atoms with E-state index in [1.165, 1.54) is 5.56 Å². The van der Waals surface area contributed by atoms with E-state index in [0.717, 1.165) is 16.8 Å². The number of nitrogens with zero attached hydrogens (tertiary/aromatic N) is 1. The van der Waals surface area contributed by atoms with Gasteiger partial charge in [-0.1, -0.05) is 30.3 Å². The van der Waals surface area contributed by atoms with Crippen molar-refractivity contribution in [2.75, 3.05) is 0 Å². The smallest absolute Gasteiger partial charge is 0.0702 e. The van der Waals surface area contributed by atoms with Crippen molar-refractivity contribution in [3.63, 3.8) is 0 Å². The Balaban J connectivity index is 2.33. The Labute approximate surface area is 89.8 Å². The lowest BCUT2D eigenvalue weighted by atomic mass is 10.1. The Kier molecular flexibility index (Phi) is 2.79. The standard InChI is InChI=1S/C13H14N2/c1-10-2-7-13(15-9-10)12-5-3-11(8-14)4-6-12/h2-7,9H,8,14H2,1H3. The van der Waals surface area contributed by atoms with Crippen LogP contribution in [-0.2, 0) is 6.54 Å². The van der Waals surface area contributed by atoms with Crippen LogP contribution >= 0.6 is 0 Å². The van der Waals surface area contributed by atoms with Crippen molar-refractivity contribution >= 4 is 0 Å². The Morgan fingerprint density at radius 3 is 2.33 bits per heavy atom. The van der Waals surface area contributed by atoms with Gasteiger partial charge in [-0.05, 0) is 24.1 Å². The van der Waals surface area contributed by atoms with Crippen LogP contribution in [0.2, 0.25) is 0 Å². The van der Waals surface area contributed by atoms with Crippen molar-refractivity contribution in [2.24, 2.45) is 5.73 Å². The zero-order chi connectivity index (χ0) is 10.7. The minimum Gasteiger partial charge on any atom is -0.326 e. The molecule has 1 aromatic carbocycles. The molecule has 0 aliphatic carbocycles. The number of aryl methyl sites for hydroxylation is 1. The molecule has 2 rings (SSSR count). The lowest BCUT2D eigenvalue weighted by Crippen LogP contribution is -1.95. The van der Waals surface area contributed by atoms with Crippen LogP contribution in [0.25, 0.3) is 11.3 Å². The summed E-state index contributed by atoms with van der Waals surface area (Å²) in [6.07, 6.45) is 1.88. The molecule has 1 aromatic heterocycles. The summed E-state index contributed by atoms with van der Waals surface area (Å²) in [5.74, 6) is 0. The zero-order valence-corrected chi connectivity index (χ0v) is 8.77. The minimum absolute atomic E-state index is 0.585. The van der Waals surface area contributed by atoms with E-state index in [4.69, 9.17) is 5.73 Å². The van der Waals surface area contributed by atoms with Gasteiger partial charge in [-0.2, -0.15) is 0 Å². The van der Waals surface area contributed by atoms with Crippen molar-refractivity contribution in [1.29, 1.82) is 0 Å². The number of pyridine rings is 1. The molecular weight excluding hydrogens is 184 g/mol. The normalized spacial score (nSPS) is 10.3. The SMILES string of the molecule is Cc1ccc(-c2ccc(CN)cc2)nc1. The number of rotatable bonds is 2. The van der Waals surface area contributed by atoms with Crippen molar-refractivity contribution in [3.05, 3.63) is 53.7 Å². The lowest BCUT2D eigenvalue weighted by Gasteiger charge is -2.02. The molecule has 2 heteroatoms. The zero-order valence-electron chi connectivity index (χ0n) is 8.77.